The lowest BCUT2D eigenvalue weighted by molar-refractivity contribution is -0.143. The minimum Gasteiger partial charge on any atom is -0.481 e. The molecule has 0 heterocycles. The molecule has 2 nitrogen and oxygen atoms in total. The molecule has 1 aliphatic rings. The van der Waals surface area contributed by atoms with Crippen molar-refractivity contribution in [3.05, 3.63) is 35.1 Å². The molecule has 2 atom stereocenters. The normalized spacial score (nSPS) is 24.6. The molecule has 1 aliphatic carbocycles. The zero-order valence-electron chi connectivity index (χ0n) is 9.95. The predicted octanol–water partition coefficient (Wildman–Crippen LogP) is 3.49. The first kappa shape index (κ1) is 12.1. The fourth-order valence-electron chi connectivity index (χ4n) is 2.85. The number of halogens is 1. The van der Waals surface area contributed by atoms with E-state index in [2.05, 4.69) is 0 Å². The summed E-state index contributed by atoms with van der Waals surface area (Å²) in [7, 11) is 0. The van der Waals surface area contributed by atoms with Gasteiger partial charge in [-0.3, -0.25) is 4.79 Å². The standard InChI is InChI=1S/C14H17FO2/c1-9-8-10(15)6-7-11(9)12-4-2-3-5-13(12)14(16)17/h6-8,12-13H,2-5H2,1H3,(H,16,17). The van der Waals surface area contributed by atoms with E-state index in [1.165, 1.54) is 12.1 Å². The highest BCUT2D eigenvalue weighted by molar-refractivity contribution is 5.71. The van der Waals surface area contributed by atoms with Gasteiger partial charge in [0.1, 0.15) is 5.82 Å². The Labute approximate surface area is 100 Å². The summed E-state index contributed by atoms with van der Waals surface area (Å²) in [6, 6.07) is 4.66. The van der Waals surface area contributed by atoms with E-state index in [4.69, 9.17) is 0 Å². The van der Waals surface area contributed by atoms with Crippen molar-refractivity contribution < 1.29 is 14.3 Å². The molecule has 0 spiro atoms. The monoisotopic (exact) mass is 236 g/mol. The van der Waals surface area contributed by atoms with Gasteiger partial charge in [0.25, 0.3) is 0 Å². The molecule has 1 aromatic carbocycles. The van der Waals surface area contributed by atoms with Crippen LogP contribution in [-0.4, -0.2) is 11.1 Å². The second-order valence-corrected chi connectivity index (χ2v) is 4.84. The van der Waals surface area contributed by atoms with Crippen LogP contribution in [0.15, 0.2) is 18.2 Å². The first-order chi connectivity index (χ1) is 8.09. The average Bonchev–Trinajstić information content (AvgIpc) is 2.29. The molecular weight excluding hydrogens is 219 g/mol. The van der Waals surface area contributed by atoms with Crippen molar-refractivity contribution in [3.8, 4) is 0 Å². The van der Waals surface area contributed by atoms with E-state index in [1.807, 2.05) is 6.92 Å². The topological polar surface area (TPSA) is 37.3 Å². The van der Waals surface area contributed by atoms with Crippen molar-refractivity contribution in [2.75, 3.05) is 0 Å². The van der Waals surface area contributed by atoms with Crippen LogP contribution >= 0.6 is 0 Å². The first-order valence-corrected chi connectivity index (χ1v) is 6.08. The molecule has 0 aromatic heterocycles. The van der Waals surface area contributed by atoms with E-state index in [0.717, 1.165) is 36.8 Å². The van der Waals surface area contributed by atoms with Crippen molar-refractivity contribution in [1.29, 1.82) is 0 Å². The van der Waals surface area contributed by atoms with Crippen molar-refractivity contribution in [2.24, 2.45) is 5.92 Å². The van der Waals surface area contributed by atoms with Gasteiger partial charge in [0.05, 0.1) is 5.92 Å². The van der Waals surface area contributed by atoms with Crippen molar-refractivity contribution >= 4 is 5.97 Å². The fourth-order valence-corrected chi connectivity index (χ4v) is 2.85. The third kappa shape index (κ3) is 2.48. The number of benzene rings is 1. The molecule has 0 bridgehead atoms. The number of aryl methyl sites for hydroxylation is 1. The lowest BCUT2D eigenvalue weighted by atomic mass is 9.74. The zero-order valence-corrected chi connectivity index (χ0v) is 9.95. The highest BCUT2D eigenvalue weighted by atomic mass is 19.1. The second-order valence-electron chi connectivity index (χ2n) is 4.84. The number of hydrogen-bond acceptors (Lipinski definition) is 1. The molecule has 2 unspecified atom stereocenters. The maximum Gasteiger partial charge on any atom is 0.307 e. The number of carbonyl (C=O) groups is 1. The van der Waals surface area contributed by atoms with E-state index in [0.29, 0.717) is 0 Å². The third-order valence-electron chi connectivity index (χ3n) is 3.71. The Morgan fingerprint density at radius 2 is 2.06 bits per heavy atom. The largest absolute Gasteiger partial charge is 0.481 e. The Morgan fingerprint density at radius 1 is 1.35 bits per heavy atom. The molecule has 3 heteroatoms. The maximum atomic E-state index is 13.1. The lowest BCUT2D eigenvalue weighted by Crippen LogP contribution is -2.25. The quantitative estimate of drug-likeness (QED) is 0.853. The van der Waals surface area contributed by atoms with Gasteiger partial charge in [-0.1, -0.05) is 18.9 Å². The molecule has 0 radical (unpaired) electrons. The van der Waals surface area contributed by atoms with Gasteiger partial charge < -0.3 is 5.11 Å². The molecule has 1 saturated carbocycles. The second kappa shape index (κ2) is 4.86. The fraction of sp³-hybridized carbons (Fsp3) is 0.500. The number of rotatable bonds is 2. The van der Waals surface area contributed by atoms with Gasteiger partial charge in [-0.05, 0) is 48.9 Å². The molecule has 0 aliphatic heterocycles. The van der Waals surface area contributed by atoms with Crippen LogP contribution in [0.5, 0.6) is 0 Å². The predicted molar refractivity (Wildman–Crippen MR) is 63.5 cm³/mol. The van der Waals surface area contributed by atoms with Gasteiger partial charge in [0.2, 0.25) is 0 Å². The van der Waals surface area contributed by atoms with Crippen molar-refractivity contribution in [1.82, 2.24) is 0 Å². The van der Waals surface area contributed by atoms with Crippen LogP contribution in [-0.2, 0) is 4.79 Å². The molecule has 92 valence electrons. The molecule has 1 fully saturated rings. The van der Waals surface area contributed by atoms with Crippen LogP contribution in [0.1, 0.15) is 42.7 Å². The zero-order chi connectivity index (χ0) is 12.4. The molecule has 1 aromatic rings. The van der Waals surface area contributed by atoms with Crippen molar-refractivity contribution in [3.63, 3.8) is 0 Å². The van der Waals surface area contributed by atoms with Crippen LogP contribution in [0.2, 0.25) is 0 Å². The summed E-state index contributed by atoms with van der Waals surface area (Å²) in [4.78, 5) is 11.2. The summed E-state index contributed by atoms with van der Waals surface area (Å²) < 4.78 is 13.1. The van der Waals surface area contributed by atoms with Crippen LogP contribution in [0, 0.1) is 18.7 Å². The molecule has 17 heavy (non-hydrogen) atoms. The van der Waals surface area contributed by atoms with Gasteiger partial charge in [-0.2, -0.15) is 0 Å². The van der Waals surface area contributed by atoms with Crippen LogP contribution in [0.25, 0.3) is 0 Å². The molecule has 1 N–H and O–H groups in total. The van der Waals surface area contributed by atoms with E-state index < -0.39 is 5.97 Å². The Kier molecular flexibility index (Phi) is 3.46. The lowest BCUT2D eigenvalue weighted by Gasteiger charge is -2.29. The molecule has 2 rings (SSSR count). The van der Waals surface area contributed by atoms with E-state index in [9.17, 15) is 14.3 Å². The summed E-state index contributed by atoms with van der Waals surface area (Å²) in [5, 5.41) is 9.24. The summed E-state index contributed by atoms with van der Waals surface area (Å²) in [6.07, 6.45) is 3.67. The SMILES string of the molecule is Cc1cc(F)ccc1C1CCCCC1C(=O)O. The van der Waals surface area contributed by atoms with Crippen molar-refractivity contribution in [2.45, 2.75) is 38.5 Å². The van der Waals surface area contributed by atoms with E-state index in [1.54, 1.807) is 6.07 Å². The Balaban J connectivity index is 2.32. The minimum atomic E-state index is -0.724. The van der Waals surface area contributed by atoms with E-state index >= 15 is 0 Å². The summed E-state index contributed by atoms with van der Waals surface area (Å²) in [5.41, 5.74) is 1.86. The Morgan fingerprint density at radius 3 is 2.71 bits per heavy atom. The summed E-state index contributed by atoms with van der Waals surface area (Å²) in [6.45, 7) is 1.85. The molecular formula is C14H17FO2. The first-order valence-electron chi connectivity index (χ1n) is 6.08. The Hall–Kier alpha value is -1.38. The third-order valence-corrected chi connectivity index (χ3v) is 3.71. The van der Waals surface area contributed by atoms with Crippen LogP contribution < -0.4 is 0 Å². The highest BCUT2D eigenvalue weighted by Gasteiger charge is 2.32. The molecule has 0 amide bonds. The van der Waals surface area contributed by atoms with Gasteiger partial charge in [0.15, 0.2) is 0 Å². The number of carboxylic acids is 1. The summed E-state index contributed by atoms with van der Waals surface area (Å²) in [5.74, 6) is -1.25. The Bertz CT molecular complexity index is 428. The highest BCUT2D eigenvalue weighted by Crippen LogP contribution is 2.39. The minimum absolute atomic E-state index is 0.0434. The van der Waals surface area contributed by atoms with Gasteiger partial charge in [0, 0.05) is 0 Å². The number of carboxylic acid groups (broad SMARTS) is 1. The van der Waals surface area contributed by atoms with Gasteiger partial charge in [-0.25, -0.2) is 4.39 Å². The van der Waals surface area contributed by atoms with Gasteiger partial charge in [-0.15, -0.1) is 0 Å². The van der Waals surface area contributed by atoms with Crippen LogP contribution in [0.3, 0.4) is 0 Å². The van der Waals surface area contributed by atoms with E-state index in [-0.39, 0.29) is 17.7 Å². The number of aliphatic carboxylic acids is 1. The maximum absolute atomic E-state index is 13.1. The summed E-state index contributed by atoms with van der Waals surface area (Å²) >= 11 is 0. The van der Waals surface area contributed by atoms with Crippen LogP contribution in [0.4, 0.5) is 4.39 Å². The van der Waals surface area contributed by atoms with Gasteiger partial charge >= 0.3 is 5.97 Å². The smallest absolute Gasteiger partial charge is 0.307 e. The number of hydrogen-bond donors (Lipinski definition) is 1. The average molecular weight is 236 g/mol. The molecule has 0 saturated heterocycles.